The third-order valence-electron chi connectivity index (χ3n) is 4.08. The van der Waals surface area contributed by atoms with Crippen molar-refractivity contribution in [2.75, 3.05) is 12.3 Å². The molecule has 1 heterocycles. The number of benzene rings is 1. The van der Waals surface area contributed by atoms with E-state index < -0.39 is 0 Å². The molecule has 1 aliphatic carbocycles. The van der Waals surface area contributed by atoms with E-state index in [9.17, 15) is 4.79 Å². The van der Waals surface area contributed by atoms with Gasteiger partial charge >= 0.3 is 0 Å². The molecule has 23 heavy (non-hydrogen) atoms. The van der Waals surface area contributed by atoms with Crippen LogP contribution in [0.15, 0.2) is 29.4 Å². The second-order valence-electron chi connectivity index (χ2n) is 5.93. The van der Waals surface area contributed by atoms with Crippen LogP contribution in [0.3, 0.4) is 0 Å². The molecule has 5 nitrogen and oxygen atoms in total. The van der Waals surface area contributed by atoms with Gasteiger partial charge in [-0.25, -0.2) is 0 Å². The van der Waals surface area contributed by atoms with Crippen molar-refractivity contribution in [1.82, 2.24) is 19.7 Å². The smallest absolute Gasteiger partial charge is 0.233 e. The number of carbonyl (C=O) groups is 1. The molecule has 122 valence electrons. The van der Waals surface area contributed by atoms with Crippen molar-refractivity contribution >= 4 is 17.7 Å². The Hall–Kier alpha value is -1.82. The average Bonchev–Trinajstić information content (AvgIpc) is 3.29. The van der Waals surface area contributed by atoms with Crippen LogP contribution in [0.5, 0.6) is 0 Å². The second kappa shape index (κ2) is 6.74. The molecular weight excluding hydrogens is 308 g/mol. The SMILES string of the molecule is CCN(C(=O)CSc1nnc(-c2cccc(C)c2)n1C)C1CC1. The van der Waals surface area contributed by atoms with Gasteiger partial charge in [-0.05, 0) is 32.8 Å². The standard InChI is InChI=1S/C17H22N4OS/c1-4-21(14-8-9-14)15(22)11-23-17-19-18-16(20(17)3)13-7-5-6-12(2)10-13/h5-7,10,14H,4,8-9,11H2,1-3H3. The maximum absolute atomic E-state index is 12.3. The molecule has 1 fully saturated rings. The Kier molecular flexibility index (Phi) is 4.71. The summed E-state index contributed by atoms with van der Waals surface area (Å²) in [6.45, 7) is 4.89. The molecule has 2 aromatic rings. The summed E-state index contributed by atoms with van der Waals surface area (Å²) in [6, 6.07) is 8.67. The Morgan fingerprint density at radius 1 is 1.39 bits per heavy atom. The van der Waals surface area contributed by atoms with Crippen LogP contribution < -0.4 is 0 Å². The van der Waals surface area contributed by atoms with Crippen LogP contribution in [-0.2, 0) is 11.8 Å². The minimum atomic E-state index is 0.195. The molecule has 0 aliphatic heterocycles. The van der Waals surface area contributed by atoms with E-state index in [-0.39, 0.29) is 5.91 Å². The number of hydrogen-bond donors (Lipinski definition) is 0. The number of aryl methyl sites for hydroxylation is 1. The van der Waals surface area contributed by atoms with Gasteiger partial charge in [0.05, 0.1) is 5.75 Å². The summed E-state index contributed by atoms with van der Waals surface area (Å²) in [5.74, 6) is 1.45. The van der Waals surface area contributed by atoms with E-state index in [4.69, 9.17) is 0 Å². The fraction of sp³-hybridized carbons (Fsp3) is 0.471. The first kappa shape index (κ1) is 16.1. The van der Waals surface area contributed by atoms with Gasteiger partial charge in [-0.1, -0.05) is 35.5 Å². The van der Waals surface area contributed by atoms with Crippen molar-refractivity contribution in [2.45, 2.75) is 37.9 Å². The van der Waals surface area contributed by atoms with Crippen molar-refractivity contribution in [3.8, 4) is 11.4 Å². The lowest BCUT2D eigenvalue weighted by molar-refractivity contribution is -0.128. The van der Waals surface area contributed by atoms with Crippen LogP contribution in [0, 0.1) is 6.92 Å². The summed E-state index contributed by atoms with van der Waals surface area (Å²) in [5.41, 5.74) is 2.24. The molecule has 0 radical (unpaired) electrons. The number of thioether (sulfide) groups is 1. The highest BCUT2D eigenvalue weighted by molar-refractivity contribution is 7.99. The highest BCUT2D eigenvalue weighted by Gasteiger charge is 2.31. The fourth-order valence-corrected chi connectivity index (χ4v) is 3.51. The number of amides is 1. The van der Waals surface area contributed by atoms with E-state index in [0.717, 1.165) is 35.9 Å². The average molecular weight is 330 g/mol. The summed E-state index contributed by atoms with van der Waals surface area (Å²) in [4.78, 5) is 14.3. The van der Waals surface area contributed by atoms with Crippen LogP contribution in [0.1, 0.15) is 25.3 Å². The summed E-state index contributed by atoms with van der Waals surface area (Å²) in [7, 11) is 1.95. The van der Waals surface area contributed by atoms with Crippen LogP contribution >= 0.6 is 11.8 Å². The van der Waals surface area contributed by atoms with Crippen LogP contribution in [-0.4, -0.2) is 43.9 Å². The zero-order chi connectivity index (χ0) is 16.4. The Morgan fingerprint density at radius 3 is 2.83 bits per heavy atom. The Balaban J connectivity index is 1.69. The third kappa shape index (κ3) is 3.58. The number of carbonyl (C=O) groups excluding carboxylic acids is 1. The summed E-state index contributed by atoms with van der Waals surface area (Å²) < 4.78 is 1.96. The monoisotopic (exact) mass is 330 g/mol. The van der Waals surface area contributed by atoms with E-state index in [2.05, 4.69) is 29.3 Å². The quantitative estimate of drug-likeness (QED) is 0.764. The predicted molar refractivity (Wildman–Crippen MR) is 92.3 cm³/mol. The van der Waals surface area contributed by atoms with Crippen molar-refractivity contribution in [3.63, 3.8) is 0 Å². The van der Waals surface area contributed by atoms with E-state index in [0.29, 0.717) is 11.8 Å². The second-order valence-corrected chi connectivity index (χ2v) is 6.88. The number of hydrogen-bond acceptors (Lipinski definition) is 4. The van der Waals surface area contributed by atoms with Crippen LogP contribution in [0.2, 0.25) is 0 Å². The molecule has 0 atom stereocenters. The Labute approximate surface area is 141 Å². The topological polar surface area (TPSA) is 51.0 Å². The molecule has 0 saturated heterocycles. The maximum atomic E-state index is 12.3. The molecule has 3 rings (SSSR count). The van der Waals surface area contributed by atoms with Crippen LogP contribution in [0.4, 0.5) is 0 Å². The highest BCUT2D eigenvalue weighted by atomic mass is 32.2. The molecule has 1 aromatic heterocycles. The first-order valence-corrected chi connectivity index (χ1v) is 8.97. The minimum absolute atomic E-state index is 0.195. The lowest BCUT2D eigenvalue weighted by Crippen LogP contribution is -2.34. The molecule has 1 aliphatic rings. The van der Waals surface area contributed by atoms with E-state index in [1.165, 1.54) is 17.3 Å². The third-order valence-corrected chi connectivity index (χ3v) is 5.09. The Bertz CT molecular complexity index is 708. The molecule has 0 spiro atoms. The summed E-state index contributed by atoms with van der Waals surface area (Å²) in [5, 5.41) is 9.31. The van der Waals surface area contributed by atoms with Gasteiger partial charge in [-0.15, -0.1) is 10.2 Å². The first-order valence-electron chi connectivity index (χ1n) is 7.99. The largest absolute Gasteiger partial charge is 0.339 e. The van der Waals surface area contributed by atoms with Gasteiger partial charge in [0.2, 0.25) is 5.91 Å². The minimum Gasteiger partial charge on any atom is -0.339 e. The van der Waals surface area contributed by atoms with E-state index in [1.807, 2.05) is 35.6 Å². The predicted octanol–water partition coefficient (Wildman–Crippen LogP) is 2.89. The highest BCUT2D eigenvalue weighted by Crippen LogP contribution is 2.28. The zero-order valence-corrected chi connectivity index (χ0v) is 14.6. The van der Waals surface area contributed by atoms with Gasteiger partial charge in [0.15, 0.2) is 11.0 Å². The molecule has 1 aromatic carbocycles. The molecule has 1 saturated carbocycles. The van der Waals surface area contributed by atoms with Gasteiger partial charge in [-0.3, -0.25) is 4.79 Å². The molecule has 1 amide bonds. The molecular formula is C17H22N4OS. The molecule has 0 unspecified atom stereocenters. The van der Waals surface area contributed by atoms with Gasteiger partial charge < -0.3 is 9.47 Å². The van der Waals surface area contributed by atoms with E-state index in [1.54, 1.807) is 0 Å². The van der Waals surface area contributed by atoms with Crippen molar-refractivity contribution in [1.29, 1.82) is 0 Å². The fourth-order valence-electron chi connectivity index (χ4n) is 2.71. The molecule has 0 bridgehead atoms. The Morgan fingerprint density at radius 2 is 2.17 bits per heavy atom. The van der Waals surface area contributed by atoms with E-state index >= 15 is 0 Å². The lowest BCUT2D eigenvalue weighted by Gasteiger charge is -2.19. The number of nitrogens with zero attached hydrogens (tertiary/aromatic N) is 4. The molecule has 6 heteroatoms. The van der Waals surface area contributed by atoms with Crippen molar-refractivity contribution in [3.05, 3.63) is 29.8 Å². The van der Waals surface area contributed by atoms with Gasteiger partial charge in [0.25, 0.3) is 0 Å². The zero-order valence-electron chi connectivity index (χ0n) is 13.8. The summed E-state index contributed by atoms with van der Waals surface area (Å²) >= 11 is 1.46. The number of aromatic nitrogens is 3. The summed E-state index contributed by atoms with van der Waals surface area (Å²) in [6.07, 6.45) is 2.29. The van der Waals surface area contributed by atoms with Crippen LogP contribution in [0.25, 0.3) is 11.4 Å². The van der Waals surface area contributed by atoms with Gasteiger partial charge in [0.1, 0.15) is 0 Å². The maximum Gasteiger partial charge on any atom is 0.233 e. The van der Waals surface area contributed by atoms with Crippen molar-refractivity contribution in [2.24, 2.45) is 7.05 Å². The number of rotatable bonds is 6. The normalized spacial score (nSPS) is 14.0. The molecule has 0 N–H and O–H groups in total. The van der Waals surface area contributed by atoms with Gasteiger partial charge in [0, 0.05) is 25.2 Å². The first-order chi connectivity index (χ1) is 11.1. The van der Waals surface area contributed by atoms with Gasteiger partial charge in [-0.2, -0.15) is 0 Å². The van der Waals surface area contributed by atoms with Crippen molar-refractivity contribution < 1.29 is 4.79 Å². The lowest BCUT2D eigenvalue weighted by atomic mass is 10.1.